The number of aliphatic carboxylic acids is 1. The highest BCUT2D eigenvalue weighted by Crippen LogP contribution is 2.33. The number of carbonyl (C=O) groups is 1. The molecule has 0 amide bonds. The van der Waals surface area contributed by atoms with Gasteiger partial charge in [0.2, 0.25) is 0 Å². The first-order valence-corrected chi connectivity index (χ1v) is 9.63. The van der Waals surface area contributed by atoms with Crippen molar-refractivity contribution in [1.29, 1.82) is 0 Å². The van der Waals surface area contributed by atoms with E-state index in [1.807, 2.05) is 0 Å². The quantitative estimate of drug-likeness (QED) is 0.384. The molecule has 0 saturated carbocycles. The largest absolute Gasteiger partial charge is 0.488 e. The topological polar surface area (TPSA) is 98.0 Å². The monoisotopic (exact) mass is 422 g/mol. The molecule has 6 nitrogen and oxygen atoms in total. The first-order chi connectivity index (χ1) is 15.0. The lowest BCUT2D eigenvalue weighted by atomic mass is 9.98. The van der Waals surface area contributed by atoms with Gasteiger partial charge in [0.05, 0.1) is 23.9 Å². The van der Waals surface area contributed by atoms with Crippen molar-refractivity contribution in [2.45, 2.75) is 20.0 Å². The van der Waals surface area contributed by atoms with Crippen LogP contribution in [0, 0.1) is 5.82 Å². The lowest BCUT2D eigenvalue weighted by molar-refractivity contribution is -0.136. The lowest BCUT2D eigenvalue weighted by Crippen LogP contribution is -2.06. The maximum Gasteiger partial charge on any atom is 0.307 e. The highest BCUT2D eigenvalue weighted by Gasteiger charge is 2.19. The predicted octanol–water partition coefficient (Wildman–Crippen LogP) is 4.72. The van der Waals surface area contributed by atoms with Gasteiger partial charge in [-0.25, -0.2) is 4.39 Å². The van der Waals surface area contributed by atoms with Crippen molar-refractivity contribution in [2.75, 3.05) is 6.54 Å². The Morgan fingerprint density at radius 2 is 2.10 bits per heavy atom. The van der Waals surface area contributed by atoms with Gasteiger partial charge in [0.1, 0.15) is 23.8 Å². The molecule has 0 atom stereocenters. The van der Waals surface area contributed by atoms with E-state index in [0.29, 0.717) is 39.1 Å². The number of hydrogen-bond acceptors (Lipinski definition) is 5. The van der Waals surface area contributed by atoms with Gasteiger partial charge in [-0.2, -0.15) is 0 Å². The fourth-order valence-electron chi connectivity index (χ4n) is 3.27. The van der Waals surface area contributed by atoms with Crippen LogP contribution in [0.25, 0.3) is 16.5 Å². The van der Waals surface area contributed by atoms with Gasteiger partial charge < -0.3 is 20.0 Å². The molecule has 0 fully saturated rings. The first-order valence-electron chi connectivity index (χ1n) is 9.63. The summed E-state index contributed by atoms with van der Waals surface area (Å²) in [6.07, 6.45) is 4.72. The van der Waals surface area contributed by atoms with Crippen LogP contribution in [0.4, 0.5) is 4.39 Å². The average Bonchev–Trinajstić information content (AvgIpc) is 3.22. The summed E-state index contributed by atoms with van der Waals surface area (Å²) in [7, 11) is 0. The molecule has 3 aromatic rings. The van der Waals surface area contributed by atoms with Crippen LogP contribution in [0.15, 0.2) is 69.9 Å². The number of benzene rings is 2. The van der Waals surface area contributed by atoms with E-state index in [2.05, 4.69) is 11.7 Å². The van der Waals surface area contributed by atoms with Crippen LogP contribution < -0.4 is 10.5 Å². The number of rotatable bonds is 9. The molecular formula is C24H23FN2O4. The number of ether oxygens (including phenoxy) is 1. The number of carboxylic acid groups (broad SMARTS) is 1. The summed E-state index contributed by atoms with van der Waals surface area (Å²) in [4.78, 5) is 15.0. The molecule has 0 bridgehead atoms. The van der Waals surface area contributed by atoms with Crippen molar-refractivity contribution in [3.63, 3.8) is 0 Å². The molecule has 0 aliphatic rings. The van der Waals surface area contributed by atoms with Crippen molar-refractivity contribution in [2.24, 2.45) is 10.7 Å². The maximum atomic E-state index is 15.6. The van der Waals surface area contributed by atoms with E-state index >= 15 is 4.39 Å². The number of nitrogens with zero attached hydrogens (tertiary/aromatic N) is 1. The van der Waals surface area contributed by atoms with Crippen molar-refractivity contribution in [3.05, 3.63) is 83.0 Å². The number of furan rings is 1. The van der Waals surface area contributed by atoms with Crippen LogP contribution in [0.5, 0.6) is 5.75 Å². The molecule has 3 N–H and O–H groups in total. The average molecular weight is 422 g/mol. The van der Waals surface area contributed by atoms with Crippen molar-refractivity contribution >= 4 is 29.2 Å². The number of aliphatic imine (C=N–C) groups is 1. The Bertz CT molecular complexity index is 1180. The van der Waals surface area contributed by atoms with Crippen molar-refractivity contribution in [1.82, 2.24) is 0 Å². The minimum Gasteiger partial charge on any atom is -0.488 e. The molecule has 3 rings (SSSR count). The molecule has 7 heteroatoms. The minimum atomic E-state index is -0.972. The van der Waals surface area contributed by atoms with E-state index in [0.717, 1.165) is 0 Å². The van der Waals surface area contributed by atoms with E-state index < -0.39 is 11.8 Å². The first kappa shape index (κ1) is 22.0. The molecule has 2 aromatic carbocycles. The highest BCUT2D eigenvalue weighted by molar-refractivity contribution is 5.93. The smallest absolute Gasteiger partial charge is 0.307 e. The Hall–Kier alpha value is -3.71. The zero-order valence-corrected chi connectivity index (χ0v) is 17.1. The number of carboxylic acids is 1. The number of nitrogens with two attached hydrogens (primary N) is 1. The highest BCUT2D eigenvalue weighted by atomic mass is 19.1. The van der Waals surface area contributed by atoms with E-state index in [4.69, 9.17) is 20.0 Å². The van der Waals surface area contributed by atoms with Gasteiger partial charge in [0.15, 0.2) is 0 Å². The summed E-state index contributed by atoms with van der Waals surface area (Å²) < 4.78 is 27.0. The minimum absolute atomic E-state index is 0.0826. The Morgan fingerprint density at radius 3 is 2.77 bits per heavy atom. The molecule has 0 saturated heterocycles. The number of para-hydroxylation sites is 1. The Kier molecular flexibility index (Phi) is 6.99. The third-order valence-electron chi connectivity index (χ3n) is 4.79. The number of allylic oxidation sites excluding steroid dienone is 3. The van der Waals surface area contributed by atoms with Crippen LogP contribution >= 0.6 is 0 Å². The van der Waals surface area contributed by atoms with E-state index in [1.54, 1.807) is 55.5 Å². The molecule has 1 heterocycles. The van der Waals surface area contributed by atoms with Gasteiger partial charge in [-0.15, -0.1) is 0 Å². The summed E-state index contributed by atoms with van der Waals surface area (Å²) in [5, 5.41) is 9.80. The summed E-state index contributed by atoms with van der Waals surface area (Å²) in [6, 6.07) is 10.2. The van der Waals surface area contributed by atoms with Gasteiger partial charge in [0.25, 0.3) is 0 Å². The van der Waals surface area contributed by atoms with Gasteiger partial charge in [-0.05, 0) is 43.5 Å². The van der Waals surface area contributed by atoms with E-state index in [-0.39, 0.29) is 25.1 Å². The third kappa shape index (κ3) is 4.90. The van der Waals surface area contributed by atoms with Crippen LogP contribution in [0.2, 0.25) is 0 Å². The molecule has 0 radical (unpaired) electrons. The lowest BCUT2D eigenvalue weighted by Gasteiger charge is -2.14. The maximum absolute atomic E-state index is 15.6. The normalized spacial score (nSPS) is 12.2. The molecule has 0 spiro atoms. The second-order valence-corrected chi connectivity index (χ2v) is 6.77. The fraction of sp³-hybridized carbons (Fsp3) is 0.167. The van der Waals surface area contributed by atoms with Gasteiger partial charge in [-0.3, -0.25) is 9.79 Å². The van der Waals surface area contributed by atoms with Crippen molar-refractivity contribution < 1.29 is 23.4 Å². The number of hydrogen-bond donors (Lipinski definition) is 2. The van der Waals surface area contributed by atoms with Gasteiger partial charge in [-0.1, -0.05) is 24.3 Å². The zero-order chi connectivity index (χ0) is 22.4. The molecular weight excluding hydrogens is 399 g/mol. The van der Waals surface area contributed by atoms with Crippen LogP contribution in [-0.4, -0.2) is 24.3 Å². The summed E-state index contributed by atoms with van der Waals surface area (Å²) in [5.74, 6) is -1.08. The second kappa shape index (κ2) is 9.86. The standard InChI is InChI=1S/C24H23FN2O4/c1-3-15(11-19(13-26)27-2)22-23(25)18(10-17-8-9-30-24(17)22)14-31-20-7-5-4-6-16(20)12-21(28)29/h3-11H,2,12-14,26H2,1H3,(H,28,29)/b15-3+,19-11-. The SMILES string of the molecule is C=N/C(=C\C(=C/C)c1c(F)c(COc2ccccc2CC(=O)O)cc2ccoc12)CN. The Morgan fingerprint density at radius 1 is 1.32 bits per heavy atom. The molecule has 160 valence electrons. The van der Waals surface area contributed by atoms with E-state index in [9.17, 15) is 4.79 Å². The van der Waals surface area contributed by atoms with Gasteiger partial charge in [0, 0.05) is 23.1 Å². The molecule has 1 aromatic heterocycles. The summed E-state index contributed by atoms with van der Waals surface area (Å²) >= 11 is 0. The van der Waals surface area contributed by atoms with Crippen LogP contribution in [0.1, 0.15) is 23.6 Å². The van der Waals surface area contributed by atoms with E-state index in [1.165, 1.54) is 6.26 Å². The molecule has 0 aliphatic heterocycles. The second-order valence-electron chi connectivity index (χ2n) is 6.77. The fourth-order valence-corrected chi connectivity index (χ4v) is 3.27. The summed E-state index contributed by atoms with van der Waals surface area (Å²) in [6.45, 7) is 5.35. The van der Waals surface area contributed by atoms with Gasteiger partial charge >= 0.3 is 5.97 Å². The number of fused-ring (bicyclic) bond motifs is 1. The molecule has 31 heavy (non-hydrogen) atoms. The molecule has 0 unspecified atom stereocenters. The Labute approximate surface area is 179 Å². The molecule has 0 aliphatic carbocycles. The van der Waals surface area contributed by atoms with Crippen LogP contribution in [-0.2, 0) is 17.8 Å². The number of halogens is 1. The summed E-state index contributed by atoms with van der Waals surface area (Å²) in [5.41, 5.74) is 8.24. The zero-order valence-electron chi connectivity index (χ0n) is 17.1. The van der Waals surface area contributed by atoms with Crippen molar-refractivity contribution in [3.8, 4) is 5.75 Å². The van der Waals surface area contributed by atoms with Crippen LogP contribution in [0.3, 0.4) is 0 Å². The Balaban J connectivity index is 2.02. The third-order valence-corrected chi connectivity index (χ3v) is 4.79. The predicted molar refractivity (Wildman–Crippen MR) is 119 cm³/mol.